The number of imidazole rings is 1. The number of nitrogens with one attached hydrogen (secondary N) is 1. The van der Waals surface area contributed by atoms with Gasteiger partial charge in [-0.2, -0.15) is 0 Å². The number of piperazine rings is 1. The minimum absolute atomic E-state index is 0.748. The van der Waals surface area contributed by atoms with Crippen LogP contribution in [0, 0.1) is 0 Å². The van der Waals surface area contributed by atoms with E-state index in [-0.39, 0.29) is 0 Å². The number of aryl methyl sites for hydroxylation is 2. The highest BCUT2D eigenvalue weighted by molar-refractivity contribution is 7.14. The van der Waals surface area contributed by atoms with Gasteiger partial charge in [0.05, 0.1) is 17.2 Å². The number of thiophene rings is 1. The van der Waals surface area contributed by atoms with Crippen molar-refractivity contribution in [3.8, 4) is 0 Å². The van der Waals surface area contributed by atoms with E-state index in [4.69, 9.17) is 4.98 Å². The van der Waals surface area contributed by atoms with Crippen molar-refractivity contribution < 1.29 is 0 Å². The summed E-state index contributed by atoms with van der Waals surface area (Å²) in [5, 5.41) is 7.01. The van der Waals surface area contributed by atoms with Crippen LogP contribution in [-0.4, -0.2) is 53.6 Å². The summed E-state index contributed by atoms with van der Waals surface area (Å²) in [5.74, 6) is 2.22. The van der Waals surface area contributed by atoms with E-state index in [1.807, 2.05) is 18.4 Å². The SMILES string of the molecule is CN=C(NCc1cn2c(n1)CCCC2)N1CCN(c2cccs2)CC1. The normalized spacial score (nSPS) is 18.4. The van der Waals surface area contributed by atoms with Crippen LogP contribution in [0.2, 0.25) is 0 Å². The molecule has 0 spiro atoms. The van der Waals surface area contributed by atoms with E-state index in [2.05, 4.69) is 48.4 Å². The second kappa shape index (κ2) is 7.47. The van der Waals surface area contributed by atoms with E-state index >= 15 is 0 Å². The number of guanidine groups is 1. The molecule has 4 rings (SSSR count). The third-order valence-electron chi connectivity index (χ3n) is 4.99. The van der Waals surface area contributed by atoms with Crippen LogP contribution in [0.5, 0.6) is 0 Å². The zero-order chi connectivity index (χ0) is 17.1. The monoisotopic (exact) mass is 358 g/mol. The number of anilines is 1. The molecule has 1 saturated heterocycles. The molecule has 25 heavy (non-hydrogen) atoms. The summed E-state index contributed by atoms with van der Waals surface area (Å²) in [4.78, 5) is 14.0. The molecule has 1 fully saturated rings. The Morgan fingerprint density at radius 3 is 2.84 bits per heavy atom. The molecule has 4 heterocycles. The van der Waals surface area contributed by atoms with Gasteiger partial charge in [-0.05, 0) is 30.4 Å². The minimum atomic E-state index is 0.748. The summed E-state index contributed by atoms with van der Waals surface area (Å²) in [7, 11) is 1.87. The first-order valence-electron chi connectivity index (χ1n) is 9.12. The molecule has 2 aromatic heterocycles. The first kappa shape index (κ1) is 16.4. The van der Waals surface area contributed by atoms with Gasteiger partial charge in [0, 0.05) is 52.4 Å². The summed E-state index contributed by atoms with van der Waals surface area (Å²) in [6.45, 7) is 5.94. The summed E-state index contributed by atoms with van der Waals surface area (Å²) < 4.78 is 2.31. The lowest BCUT2D eigenvalue weighted by Crippen LogP contribution is -2.52. The van der Waals surface area contributed by atoms with Gasteiger partial charge >= 0.3 is 0 Å². The van der Waals surface area contributed by atoms with E-state index in [1.165, 1.54) is 23.7 Å². The second-order valence-electron chi connectivity index (χ2n) is 6.63. The fourth-order valence-electron chi connectivity index (χ4n) is 3.65. The largest absolute Gasteiger partial charge is 0.360 e. The lowest BCUT2D eigenvalue weighted by Gasteiger charge is -2.36. The van der Waals surface area contributed by atoms with Crippen LogP contribution >= 0.6 is 11.3 Å². The summed E-state index contributed by atoms with van der Waals surface area (Å²) in [5.41, 5.74) is 1.12. The highest BCUT2D eigenvalue weighted by Gasteiger charge is 2.20. The van der Waals surface area contributed by atoms with Crippen molar-refractivity contribution in [2.45, 2.75) is 32.4 Å². The molecule has 134 valence electrons. The van der Waals surface area contributed by atoms with Crippen molar-refractivity contribution in [1.82, 2.24) is 19.8 Å². The fourth-order valence-corrected chi connectivity index (χ4v) is 4.43. The molecule has 2 aromatic rings. The zero-order valence-electron chi connectivity index (χ0n) is 14.8. The molecule has 7 heteroatoms. The zero-order valence-corrected chi connectivity index (χ0v) is 15.6. The van der Waals surface area contributed by atoms with Crippen molar-refractivity contribution in [2.24, 2.45) is 4.99 Å². The molecule has 0 atom stereocenters. The highest BCUT2D eigenvalue weighted by atomic mass is 32.1. The van der Waals surface area contributed by atoms with Crippen LogP contribution in [0.25, 0.3) is 0 Å². The molecule has 0 unspecified atom stereocenters. The van der Waals surface area contributed by atoms with Crippen LogP contribution in [0.4, 0.5) is 5.00 Å². The van der Waals surface area contributed by atoms with Crippen molar-refractivity contribution in [3.05, 3.63) is 35.2 Å². The Labute approximate surface area is 153 Å². The molecule has 0 saturated carbocycles. The number of nitrogens with zero attached hydrogens (tertiary/aromatic N) is 5. The Morgan fingerprint density at radius 1 is 1.24 bits per heavy atom. The minimum Gasteiger partial charge on any atom is -0.360 e. The van der Waals surface area contributed by atoms with Gasteiger partial charge in [0.2, 0.25) is 0 Å². The predicted octanol–water partition coefficient (Wildman–Crippen LogP) is 2.18. The van der Waals surface area contributed by atoms with Gasteiger partial charge in [0.1, 0.15) is 5.82 Å². The van der Waals surface area contributed by atoms with Gasteiger partial charge in [-0.3, -0.25) is 4.99 Å². The average Bonchev–Trinajstić information content (AvgIpc) is 3.32. The Kier molecular flexibility index (Phi) is 4.92. The Hall–Kier alpha value is -2.02. The number of hydrogen-bond acceptors (Lipinski definition) is 4. The van der Waals surface area contributed by atoms with Gasteiger partial charge in [0.25, 0.3) is 0 Å². The van der Waals surface area contributed by atoms with Crippen molar-refractivity contribution in [1.29, 1.82) is 0 Å². The van der Waals surface area contributed by atoms with Crippen molar-refractivity contribution in [2.75, 3.05) is 38.1 Å². The molecule has 2 aliphatic heterocycles. The third-order valence-corrected chi connectivity index (χ3v) is 5.92. The first-order valence-corrected chi connectivity index (χ1v) is 10.0. The van der Waals surface area contributed by atoms with Gasteiger partial charge in [-0.25, -0.2) is 4.98 Å². The van der Waals surface area contributed by atoms with Crippen molar-refractivity contribution in [3.63, 3.8) is 0 Å². The number of fused-ring (bicyclic) bond motifs is 1. The van der Waals surface area contributed by atoms with Crippen LogP contribution in [0.3, 0.4) is 0 Å². The van der Waals surface area contributed by atoms with E-state index in [1.54, 1.807) is 0 Å². The number of hydrogen-bond donors (Lipinski definition) is 1. The quantitative estimate of drug-likeness (QED) is 0.675. The highest BCUT2D eigenvalue weighted by Crippen LogP contribution is 2.22. The molecule has 2 aliphatic rings. The molecule has 0 amide bonds. The second-order valence-corrected chi connectivity index (χ2v) is 7.55. The van der Waals surface area contributed by atoms with Gasteiger partial charge in [-0.1, -0.05) is 0 Å². The third kappa shape index (κ3) is 3.66. The Balaban J connectivity index is 1.31. The maximum Gasteiger partial charge on any atom is 0.194 e. The van der Waals surface area contributed by atoms with E-state index in [0.717, 1.165) is 57.3 Å². The molecular weight excluding hydrogens is 332 g/mol. The standard InChI is InChI=1S/C18H26N6S/c1-19-18(20-13-15-14-24-7-3-2-5-16(24)21-15)23-10-8-22(9-11-23)17-6-4-12-25-17/h4,6,12,14H,2-3,5,7-11,13H2,1H3,(H,19,20). The summed E-state index contributed by atoms with van der Waals surface area (Å²) in [6.07, 6.45) is 5.84. The lowest BCUT2D eigenvalue weighted by atomic mass is 10.2. The van der Waals surface area contributed by atoms with Gasteiger partial charge in [0.15, 0.2) is 5.96 Å². The number of aromatic nitrogens is 2. The summed E-state index contributed by atoms with van der Waals surface area (Å²) in [6, 6.07) is 4.32. The smallest absolute Gasteiger partial charge is 0.194 e. The van der Waals surface area contributed by atoms with Crippen molar-refractivity contribution >= 4 is 22.3 Å². The maximum atomic E-state index is 4.77. The lowest BCUT2D eigenvalue weighted by molar-refractivity contribution is 0.373. The van der Waals surface area contributed by atoms with E-state index < -0.39 is 0 Å². The molecule has 1 N–H and O–H groups in total. The van der Waals surface area contributed by atoms with Crippen LogP contribution in [0.15, 0.2) is 28.7 Å². The Morgan fingerprint density at radius 2 is 2.12 bits per heavy atom. The fraction of sp³-hybridized carbons (Fsp3) is 0.556. The number of rotatable bonds is 3. The maximum absolute atomic E-state index is 4.77. The van der Waals surface area contributed by atoms with Crippen LogP contribution < -0.4 is 10.2 Å². The van der Waals surface area contributed by atoms with Gasteiger partial charge in [-0.15, -0.1) is 11.3 Å². The molecule has 6 nitrogen and oxygen atoms in total. The average molecular weight is 359 g/mol. The van der Waals surface area contributed by atoms with Crippen LogP contribution in [0.1, 0.15) is 24.4 Å². The van der Waals surface area contributed by atoms with Crippen LogP contribution in [-0.2, 0) is 19.5 Å². The Bertz CT molecular complexity index is 689. The molecule has 0 aliphatic carbocycles. The first-order chi connectivity index (χ1) is 12.3. The molecular formula is C18H26N6S. The van der Waals surface area contributed by atoms with E-state index in [0.29, 0.717) is 0 Å². The molecule has 0 aromatic carbocycles. The number of aliphatic imine (C=N–C) groups is 1. The molecule has 0 bridgehead atoms. The van der Waals surface area contributed by atoms with E-state index in [9.17, 15) is 0 Å². The molecule has 0 radical (unpaired) electrons. The predicted molar refractivity (Wildman–Crippen MR) is 103 cm³/mol. The summed E-state index contributed by atoms with van der Waals surface area (Å²) >= 11 is 1.82. The van der Waals surface area contributed by atoms with Gasteiger partial charge < -0.3 is 19.7 Å². The topological polar surface area (TPSA) is 48.7 Å².